The minimum atomic E-state index is -0.111. The Bertz CT molecular complexity index is 309. The minimum Gasteiger partial charge on any atom is -0.393 e. The van der Waals surface area contributed by atoms with Crippen LogP contribution in [-0.4, -0.2) is 28.4 Å². The fourth-order valence-electron chi connectivity index (χ4n) is 2.90. The smallest absolute Gasteiger partial charge is 0.229 e. The van der Waals surface area contributed by atoms with Gasteiger partial charge < -0.3 is 10.6 Å². The summed E-state index contributed by atoms with van der Waals surface area (Å²) in [4.78, 5) is 15.3. The average Bonchev–Trinajstić information content (AvgIpc) is 2.77. The van der Waals surface area contributed by atoms with Crippen molar-refractivity contribution in [3.8, 4) is 0 Å². The van der Waals surface area contributed by atoms with E-state index in [9.17, 15) is 4.79 Å². The van der Waals surface area contributed by atoms with Gasteiger partial charge in [-0.2, -0.15) is 0 Å². The van der Waals surface area contributed by atoms with Crippen LogP contribution in [0.3, 0.4) is 0 Å². The molecular formula is C14H26N2OS. The molecule has 1 aliphatic carbocycles. The van der Waals surface area contributed by atoms with Crippen molar-refractivity contribution in [3.63, 3.8) is 0 Å². The molecular weight excluding hydrogens is 244 g/mol. The maximum Gasteiger partial charge on any atom is 0.229 e. The van der Waals surface area contributed by atoms with Crippen molar-refractivity contribution in [2.75, 3.05) is 6.54 Å². The summed E-state index contributed by atoms with van der Waals surface area (Å²) < 4.78 is 0. The third-order valence-corrected chi connectivity index (χ3v) is 4.38. The van der Waals surface area contributed by atoms with E-state index < -0.39 is 0 Å². The van der Waals surface area contributed by atoms with Crippen LogP contribution in [0, 0.1) is 5.41 Å². The second-order valence-corrected chi connectivity index (χ2v) is 6.17. The summed E-state index contributed by atoms with van der Waals surface area (Å²) in [6.45, 7) is 6.93. The number of amides is 1. The van der Waals surface area contributed by atoms with Crippen LogP contribution in [-0.2, 0) is 4.79 Å². The van der Waals surface area contributed by atoms with Crippen molar-refractivity contribution in [2.24, 2.45) is 11.1 Å². The lowest BCUT2D eigenvalue weighted by Crippen LogP contribution is -2.47. The monoisotopic (exact) mass is 270 g/mol. The second kappa shape index (κ2) is 6.50. The Kier molecular flexibility index (Phi) is 5.57. The van der Waals surface area contributed by atoms with Gasteiger partial charge in [0.1, 0.15) is 0 Å². The lowest BCUT2D eigenvalue weighted by molar-refractivity contribution is -0.143. The first kappa shape index (κ1) is 15.4. The molecule has 3 nitrogen and oxygen atoms in total. The van der Waals surface area contributed by atoms with Gasteiger partial charge >= 0.3 is 0 Å². The van der Waals surface area contributed by atoms with Gasteiger partial charge in [-0.1, -0.05) is 32.0 Å². The maximum atomic E-state index is 12.8. The van der Waals surface area contributed by atoms with Gasteiger partial charge in [0, 0.05) is 24.4 Å². The molecule has 18 heavy (non-hydrogen) atoms. The number of carbonyl (C=O) groups excluding carboxylic acids is 1. The van der Waals surface area contributed by atoms with E-state index in [-0.39, 0.29) is 11.5 Å². The Hall–Kier alpha value is -0.640. The SMILES string of the molecule is CCC1(C(=O)N(CCC(N)=S)C(C)C)CCCC1. The van der Waals surface area contributed by atoms with Crippen molar-refractivity contribution in [1.29, 1.82) is 0 Å². The van der Waals surface area contributed by atoms with Crippen LogP contribution in [0.4, 0.5) is 0 Å². The molecule has 0 aromatic rings. The number of nitrogens with two attached hydrogens (primary N) is 1. The molecule has 0 radical (unpaired) electrons. The van der Waals surface area contributed by atoms with Crippen molar-refractivity contribution >= 4 is 23.1 Å². The van der Waals surface area contributed by atoms with Crippen molar-refractivity contribution in [3.05, 3.63) is 0 Å². The number of thiocarbonyl (C=S) groups is 1. The van der Waals surface area contributed by atoms with E-state index >= 15 is 0 Å². The predicted molar refractivity (Wildman–Crippen MR) is 79.4 cm³/mol. The Labute approximate surface area is 116 Å². The normalized spacial score (nSPS) is 18.0. The highest BCUT2D eigenvalue weighted by Gasteiger charge is 2.42. The Morgan fingerprint density at radius 3 is 2.33 bits per heavy atom. The molecule has 104 valence electrons. The summed E-state index contributed by atoms with van der Waals surface area (Å²) in [6.07, 6.45) is 6.01. The molecule has 0 heterocycles. The zero-order valence-electron chi connectivity index (χ0n) is 11.9. The number of rotatable bonds is 6. The highest BCUT2D eigenvalue weighted by Crippen LogP contribution is 2.42. The first-order valence-electron chi connectivity index (χ1n) is 7.02. The molecule has 0 aliphatic heterocycles. The van der Waals surface area contributed by atoms with Crippen LogP contribution in [0.1, 0.15) is 59.3 Å². The lowest BCUT2D eigenvalue weighted by Gasteiger charge is -2.36. The number of carbonyl (C=O) groups is 1. The highest BCUT2D eigenvalue weighted by molar-refractivity contribution is 7.80. The van der Waals surface area contributed by atoms with Gasteiger partial charge in [-0.25, -0.2) is 0 Å². The Morgan fingerprint density at radius 2 is 1.94 bits per heavy atom. The van der Waals surface area contributed by atoms with Gasteiger partial charge in [-0.15, -0.1) is 0 Å². The van der Waals surface area contributed by atoms with E-state index in [1.54, 1.807) is 0 Å². The summed E-state index contributed by atoms with van der Waals surface area (Å²) in [5, 5.41) is 0. The van der Waals surface area contributed by atoms with Crippen molar-refractivity contribution in [1.82, 2.24) is 4.90 Å². The van der Waals surface area contributed by atoms with Crippen molar-refractivity contribution in [2.45, 2.75) is 65.3 Å². The van der Waals surface area contributed by atoms with Crippen LogP contribution >= 0.6 is 12.2 Å². The fraction of sp³-hybridized carbons (Fsp3) is 0.857. The molecule has 1 aliphatic rings. The summed E-state index contributed by atoms with van der Waals surface area (Å²) in [7, 11) is 0. The summed E-state index contributed by atoms with van der Waals surface area (Å²) >= 11 is 4.92. The second-order valence-electron chi connectivity index (χ2n) is 5.65. The molecule has 2 N–H and O–H groups in total. The predicted octanol–water partition coefficient (Wildman–Crippen LogP) is 2.87. The molecule has 0 aromatic carbocycles. The molecule has 0 saturated heterocycles. The minimum absolute atomic E-state index is 0.111. The first-order valence-corrected chi connectivity index (χ1v) is 7.43. The number of nitrogens with zero attached hydrogens (tertiary/aromatic N) is 1. The number of hydrogen-bond acceptors (Lipinski definition) is 2. The van der Waals surface area contributed by atoms with E-state index in [4.69, 9.17) is 18.0 Å². The van der Waals surface area contributed by atoms with E-state index in [0.717, 1.165) is 19.3 Å². The third kappa shape index (κ3) is 3.44. The van der Waals surface area contributed by atoms with E-state index in [2.05, 4.69) is 20.8 Å². The largest absolute Gasteiger partial charge is 0.393 e. The van der Waals surface area contributed by atoms with Crippen LogP contribution in [0.25, 0.3) is 0 Å². The van der Waals surface area contributed by atoms with E-state index in [1.165, 1.54) is 12.8 Å². The lowest BCUT2D eigenvalue weighted by atomic mass is 9.81. The fourth-order valence-corrected chi connectivity index (χ4v) is 2.99. The number of hydrogen-bond donors (Lipinski definition) is 1. The molecule has 1 rings (SSSR count). The van der Waals surface area contributed by atoms with Gasteiger partial charge in [-0.05, 0) is 33.1 Å². The molecule has 1 amide bonds. The molecule has 0 aromatic heterocycles. The summed E-state index contributed by atoms with van der Waals surface area (Å²) in [5.74, 6) is 0.314. The van der Waals surface area contributed by atoms with Crippen LogP contribution in [0.5, 0.6) is 0 Å². The molecule has 0 atom stereocenters. The molecule has 4 heteroatoms. The standard InChI is InChI=1S/C14H26N2OS/c1-4-14(8-5-6-9-14)13(17)16(11(2)3)10-7-12(15)18/h11H,4-10H2,1-3H3,(H2,15,18). The average molecular weight is 270 g/mol. The van der Waals surface area contributed by atoms with Gasteiger partial charge in [-0.3, -0.25) is 4.79 Å². The molecule has 1 saturated carbocycles. The molecule has 1 fully saturated rings. The van der Waals surface area contributed by atoms with Gasteiger partial charge in [0.25, 0.3) is 0 Å². The van der Waals surface area contributed by atoms with Crippen LogP contribution < -0.4 is 5.73 Å². The van der Waals surface area contributed by atoms with Gasteiger partial charge in [0.2, 0.25) is 5.91 Å². The Balaban J connectivity index is 2.78. The van der Waals surface area contributed by atoms with E-state index in [0.29, 0.717) is 23.9 Å². The topological polar surface area (TPSA) is 46.3 Å². The molecule has 0 spiro atoms. The zero-order valence-corrected chi connectivity index (χ0v) is 12.7. The Morgan fingerprint density at radius 1 is 1.39 bits per heavy atom. The maximum absolute atomic E-state index is 12.8. The van der Waals surface area contributed by atoms with E-state index in [1.807, 2.05) is 4.90 Å². The molecule has 0 bridgehead atoms. The van der Waals surface area contributed by atoms with Gasteiger partial charge in [0.05, 0.1) is 4.99 Å². The quantitative estimate of drug-likeness (QED) is 0.755. The zero-order chi connectivity index (χ0) is 13.8. The first-order chi connectivity index (χ1) is 8.43. The molecule has 0 unspecified atom stereocenters. The summed E-state index contributed by atoms with van der Waals surface area (Å²) in [6, 6.07) is 0.218. The van der Waals surface area contributed by atoms with Crippen molar-refractivity contribution < 1.29 is 4.79 Å². The third-order valence-electron chi connectivity index (χ3n) is 4.17. The highest BCUT2D eigenvalue weighted by atomic mass is 32.1. The summed E-state index contributed by atoms with van der Waals surface area (Å²) in [5.41, 5.74) is 5.44. The van der Waals surface area contributed by atoms with Crippen LogP contribution in [0.15, 0.2) is 0 Å². The van der Waals surface area contributed by atoms with Gasteiger partial charge in [0.15, 0.2) is 0 Å². The van der Waals surface area contributed by atoms with Crippen LogP contribution in [0.2, 0.25) is 0 Å².